The molecule has 0 amide bonds. The van der Waals surface area contributed by atoms with E-state index in [0.717, 1.165) is 12.2 Å². The van der Waals surface area contributed by atoms with Gasteiger partial charge in [-0.2, -0.15) is 5.26 Å². The van der Waals surface area contributed by atoms with E-state index in [1.54, 1.807) is 12.3 Å². The lowest BCUT2D eigenvalue weighted by Gasteiger charge is -2.25. The molecule has 3 rings (SSSR count). The van der Waals surface area contributed by atoms with Crippen molar-refractivity contribution in [1.29, 1.82) is 5.26 Å². The molecular weight excluding hydrogens is 272 g/mol. The Balaban J connectivity index is 1.76. The first kappa shape index (κ1) is 14.6. The zero-order valence-electron chi connectivity index (χ0n) is 12.6. The molecule has 1 saturated heterocycles. The molecule has 4 heteroatoms. The van der Waals surface area contributed by atoms with E-state index in [1.807, 2.05) is 12.1 Å². The van der Waals surface area contributed by atoms with Crippen molar-refractivity contribution in [3.8, 4) is 6.07 Å². The Labute approximate surface area is 131 Å². The number of anilines is 1. The molecule has 1 atom stereocenters. The van der Waals surface area contributed by atoms with Crippen LogP contribution in [0.1, 0.15) is 30.1 Å². The van der Waals surface area contributed by atoms with Crippen LogP contribution in [0.3, 0.4) is 0 Å². The molecule has 112 valence electrons. The molecule has 1 aliphatic rings. The number of pyridine rings is 1. The van der Waals surface area contributed by atoms with Crippen molar-refractivity contribution in [2.45, 2.75) is 18.9 Å². The van der Waals surface area contributed by atoms with Gasteiger partial charge in [-0.25, -0.2) is 4.98 Å². The SMILES string of the molecule is N#Cc1ccc(NC(CN2CCCC2)c2ccccc2)cn1. The maximum Gasteiger partial charge on any atom is 0.140 e. The molecule has 4 nitrogen and oxygen atoms in total. The first-order valence-corrected chi connectivity index (χ1v) is 7.75. The highest BCUT2D eigenvalue weighted by Gasteiger charge is 2.18. The number of nitrogens with zero attached hydrogens (tertiary/aromatic N) is 3. The highest BCUT2D eigenvalue weighted by molar-refractivity contribution is 5.45. The van der Waals surface area contributed by atoms with Gasteiger partial charge < -0.3 is 10.2 Å². The standard InChI is InChI=1S/C18H20N4/c19-12-16-8-9-17(13-20-16)21-18(14-22-10-4-5-11-22)15-6-2-1-3-7-15/h1-3,6-9,13,18,21H,4-5,10-11,14H2. The van der Waals surface area contributed by atoms with E-state index >= 15 is 0 Å². The molecule has 0 saturated carbocycles. The van der Waals surface area contributed by atoms with Crippen LogP contribution in [0.25, 0.3) is 0 Å². The van der Waals surface area contributed by atoms with Gasteiger partial charge in [-0.05, 0) is 43.6 Å². The Kier molecular flexibility index (Phi) is 4.67. The van der Waals surface area contributed by atoms with Gasteiger partial charge in [-0.3, -0.25) is 0 Å². The fourth-order valence-electron chi connectivity index (χ4n) is 2.89. The van der Waals surface area contributed by atoms with E-state index in [9.17, 15) is 0 Å². The second-order valence-electron chi connectivity index (χ2n) is 5.66. The Morgan fingerprint density at radius 2 is 1.91 bits per heavy atom. The molecule has 1 N–H and O–H groups in total. The smallest absolute Gasteiger partial charge is 0.140 e. The monoisotopic (exact) mass is 292 g/mol. The van der Waals surface area contributed by atoms with Crippen molar-refractivity contribution >= 4 is 5.69 Å². The van der Waals surface area contributed by atoms with Crippen molar-refractivity contribution < 1.29 is 0 Å². The predicted octanol–water partition coefficient (Wildman–Crippen LogP) is 3.20. The summed E-state index contributed by atoms with van der Waals surface area (Å²) in [5.74, 6) is 0. The minimum atomic E-state index is 0.231. The van der Waals surface area contributed by atoms with E-state index in [4.69, 9.17) is 5.26 Å². The number of nitriles is 1. The molecule has 0 spiro atoms. The second kappa shape index (κ2) is 7.06. The van der Waals surface area contributed by atoms with Crippen LogP contribution in [0, 0.1) is 11.3 Å². The Hall–Kier alpha value is -2.38. The third kappa shape index (κ3) is 3.63. The summed E-state index contributed by atoms with van der Waals surface area (Å²) in [6.07, 6.45) is 4.32. The van der Waals surface area contributed by atoms with Gasteiger partial charge in [0.05, 0.1) is 17.9 Å². The number of hydrogen-bond donors (Lipinski definition) is 1. The Morgan fingerprint density at radius 3 is 2.55 bits per heavy atom. The molecule has 1 aliphatic heterocycles. The van der Waals surface area contributed by atoms with E-state index in [2.05, 4.69) is 45.5 Å². The number of hydrogen-bond acceptors (Lipinski definition) is 4. The van der Waals surface area contributed by atoms with Gasteiger partial charge in [0.2, 0.25) is 0 Å². The molecule has 1 aromatic carbocycles. The predicted molar refractivity (Wildman–Crippen MR) is 87.4 cm³/mol. The summed E-state index contributed by atoms with van der Waals surface area (Å²) < 4.78 is 0. The molecule has 1 aromatic heterocycles. The van der Waals surface area contributed by atoms with Gasteiger partial charge in [0.1, 0.15) is 11.8 Å². The van der Waals surface area contributed by atoms with Gasteiger partial charge in [-0.1, -0.05) is 30.3 Å². The average molecular weight is 292 g/mol. The maximum absolute atomic E-state index is 8.84. The van der Waals surface area contributed by atoms with Crippen molar-refractivity contribution in [1.82, 2.24) is 9.88 Å². The second-order valence-corrected chi connectivity index (χ2v) is 5.66. The third-order valence-corrected chi connectivity index (χ3v) is 4.06. The average Bonchev–Trinajstić information content (AvgIpc) is 3.09. The molecule has 2 aromatic rings. The summed E-state index contributed by atoms with van der Waals surface area (Å²) in [7, 11) is 0. The van der Waals surface area contributed by atoms with Crippen LogP contribution in [-0.4, -0.2) is 29.5 Å². The van der Waals surface area contributed by atoms with Crippen molar-refractivity contribution in [2.75, 3.05) is 25.0 Å². The van der Waals surface area contributed by atoms with E-state index in [0.29, 0.717) is 5.69 Å². The maximum atomic E-state index is 8.84. The highest BCUT2D eigenvalue weighted by Crippen LogP contribution is 2.22. The van der Waals surface area contributed by atoms with Crippen LogP contribution >= 0.6 is 0 Å². The molecular formula is C18H20N4. The molecule has 0 radical (unpaired) electrons. The van der Waals surface area contributed by atoms with E-state index in [1.165, 1.54) is 31.5 Å². The summed E-state index contributed by atoms with van der Waals surface area (Å²) >= 11 is 0. The number of rotatable bonds is 5. The minimum Gasteiger partial charge on any atom is -0.376 e. The van der Waals surface area contributed by atoms with Gasteiger partial charge in [-0.15, -0.1) is 0 Å². The quantitative estimate of drug-likeness (QED) is 0.919. The van der Waals surface area contributed by atoms with Crippen LogP contribution in [0.5, 0.6) is 0 Å². The van der Waals surface area contributed by atoms with Crippen molar-refractivity contribution in [2.24, 2.45) is 0 Å². The zero-order valence-corrected chi connectivity index (χ0v) is 12.6. The number of nitrogens with one attached hydrogen (secondary N) is 1. The summed E-state index contributed by atoms with van der Waals surface area (Å²) in [4.78, 5) is 6.64. The summed E-state index contributed by atoms with van der Waals surface area (Å²) in [6.45, 7) is 3.34. The Morgan fingerprint density at radius 1 is 1.14 bits per heavy atom. The fourth-order valence-corrected chi connectivity index (χ4v) is 2.89. The van der Waals surface area contributed by atoms with Crippen LogP contribution in [0.4, 0.5) is 5.69 Å². The zero-order chi connectivity index (χ0) is 15.2. The largest absolute Gasteiger partial charge is 0.376 e. The Bertz CT molecular complexity index is 624. The molecule has 1 fully saturated rings. The van der Waals surface area contributed by atoms with Gasteiger partial charge in [0, 0.05) is 6.54 Å². The van der Waals surface area contributed by atoms with Gasteiger partial charge in [0.15, 0.2) is 0 Å². The highest BCUT2D eigenvalue weighted by atomic mass is 15.2. The van der Waals surface area contributed by atoms with E-state index < -0.39 is 0 Å². The first-order valence-electron chi connectivity index (χ1n) is 7.75. The fraction of sp³-hybridized carbons (Fsp3) is 0.333. The van der Waals surface area contributed by atoms with Crippen LogP contribution < -0.4 is 5.32 Å². The number of benzene rings is 1. The van der Waals surface area contributed by atoms with Gasteiger partial charge >= 0.3 is 0 Å². The summed E-state index contributed by atoms with van der Waals surface area (Å²) in [5, 5.41) is 12.4. The lowest BCUT2D eigenvalue weighted by molar-refractivity contribution is 0.323. The lowest BCUT2D eigenvalue weighted by atomic mass is 10.1. The third-order valence-electron chi connectivity index (χ3n) is 4.06. The van der Waals surface area contributed by atoms with Crippen LogP contribution in [0.2, 0.25) is 0 Å². The van der Waals surface area contributed by atoms with Crippen molar-refractivity contribution in [3.63, 3.8) is 0 Å². The summed E-state index contributed by atoms with van der Waals surface area (Å²) in [6, 6.07) is 16.5. The van der Waals surface area contributed by atoms with Crippen LogP contribution in [0.15, 0.2) is 48.7 Å². The molecule has 0 bridgehead atoms. The van der Waals surface area contributed by atoms with Crippen molar-refractivity contribution in [3.05, 3.63) is 59.9 Å². The minimum absolute atomic E-state index is 0.231. The summed E-state index contributed by atoms with van der Waals surface area (Å²) in [5.41, 5.74) is 2.67. The normalized spacial score (nSPS) is 16.1. The lowest BCUT2D eigenvalue weighted by Crippen LogP contribution is -2.29. The first-order chi connectivity index (χ1) is 10.8. The molecule has 2 heterocycles. The number of aromatic nitrogens is 1. The number of likely N-dealkylation sites (tertiary alicyclic amines) is 1. The van der Waals surface area contributed by atoms with Crippen LogP contribution in [-0.2, 0) is 0 Å². The topological polar surface area (TPSA) is 52.0 Å². The molecule has 1 unspecified atom stereocenters. The molecule has 0 aliphatic carbocycles. The van der Waals surface area contributed by atoms with E-state index in [-0.39, 0.29) is 6.04 Å². The van der Waals surface area contributed by atoms with Gasteiger partial charge in [0.25, 0.3) is 0 Å². The molecule has 22 heavy (non-hydrogen) atoms.